The quantitative estimate of drug-likeness (QED) is 0.645. The van der Waals surface area contributed by atoms with E-state index in [1.54, 1.807) is 27.4 Å². The summed E-state index contributed by atoms with van der Waals surface area (Å²) >= 11 is 0. The number of methoxy groups -OCH3 is 4. The van der Waals surface area contributed by atoms with Gasteiger partial charge in [0.15, 0.2) is 22.9 Å². The Morgan fingerprint density at radius 3 is 2.37 bits per heavy atom. The molecule has 1 aliphatic carbocycles. The highest BCUT2D eigenvalue weighted by molar-refractivity contribution is 6.06. The number of ether oxygens (including phenoxy) is 4. The summed E-state index contributed by atoms with van der Waals surface area (Å²) < 4.78 is 22.0. The third-order valence-electron chi connectivity index (χ3n) is 4.60. The third-order valence-corrected chi connectivity index (χ3v) is 4.60. The lowest BCUT2D eigenvalue weighted by molar-refractivity contribution is -0.112. The monoisotopic (exact) mass is 370 g/mol. The Labute approximate surface area is 160 Å². The number of carbonyl (C=O) groups excluding carboxylic acids is 1. The lowest BCUT2D eigenvalue weighted by Crippen LogP contribution is -2.37. The van der Waals surface area contributed by atoms with Gasteiger partial charge >= 0.3 is 0 Å². The van der Waals surface area contributed by atoms with Gasteiger partial charge in [0.1, 0.15) is 5.76 Å². The molecule has 1 aliphatic rings. The Hall–Kier alpha value is -2.79. The van der Waals surface area contributed by atoms with E-state index in [1.807, 2.05) is 37.3 Å². The van der Waals surface area contributed by atoms with Gasteiger partial charge in [0, 0.05) is 18.8 Å². The second kappa shape index (κ2) is 8.73. The first kappa shape index (κ1) is 20.5. The average molecular weight is 370 g/mol. The standard InChI is InChI=1S/C22H26O5/c1-7-8-17-14-22(27-6,21(26-5)13-18(17)23)15(2)11-16-9-10-19(24-3)20(12-16)25-4/h7,9-14H,1,8H2,2-6H3/b15-11+. The molecular weight excluding hydrogens is 344 g/mol. The maximum atomic E-state index is 12.3. The molecule has 0 bridgehead atoms. The second-order valence-corrected chi connectivity index (χ2v) is 6.12. The second-order valence-electron chi connectivity index (χ2n) is 6.12. The zero-order valence-corrected chi connectivity index (χ0v) is 16.5. The molecule has 1 aromatic rings. The number of rotatable bonds is 8. The molecule has 0 amide bonds. The first-order chi connectivity index (χ1) is 12.9. The SMILES string of the molecule is C=CCC1=CC(OC)(/C(C)=C/c2ccc(OC)c(OC)c2)C(OC)=CC1=O. The number of benzene rings is 1. The van der Waals surface area contributed by atoms with Crippen LogP contribution in [0.3, 0.4) is 0 Å². The Kier molecular flexibility index (Phi) is 6.64. The Morgan fingerprint density at radius 1 is 1.11 bits per heavy atom. The van der Waals surface area contributed by atoms with Crippen LogP contribution in [0.15, 0.2) is 59.9 Å². The Bertz CT molecular complexity index is 816. The number of allylic oxidation sites excluding steroid dienone is 3. The Morgan fingerprint density at radius 2 is 1.81 bits per heavy atom. The molecule has 0 aromatic heterocycles. The number of carbonyl (C=O) groups is 1. The highest BCUT2D eigenvalue weighted by atomic mass is 16.5. The molecule has 0 saturated heterocycles. The first-order valence-corrected chi connectivity index (χ1v) is 8.54. The van der Waals surface area contributed by atoms with E-state index < -0.39 is 5.60 Å². The molecule has 0 N–H and O–H groups in total. The molecular formula is C22H26O5. The van der Waals surface area contributed by atoms with E-state index in [-0.39, 0.29) is 5.78 Å². The summed E-state index contributed by atoms with van der Waals surface area (Å²) in [4.78, 5) is 12.3. The zero-order chi connectivity index (χ0) is 20.0. The summed E-state index contributed by atoms with van der Waals surface area (Å²) in [5.74, 6) is 1.63. The molecule has 0 radical (unpaired) electrons. The van der Waals surface area contributed by atoms with Crippen LogP contribution in [-0.2, 0) is 14.3 Å². The van der Waals surface area contributed by atoms with Crippen molar-refractivity contribution in [3.05, 3.63) is 65.5 Å². The fourth-order valence-corrected chi connectivity index (χ4v) is 3.16. The highest BCUT2D eigenvalue weighted by Gasteiger charge is 2.40. The van der Waals surface area contributed by atoms with Gasteiger partial charge in [-0.15, -0.1) is 6.58 Å². The van der Waals surface area contributed by atoms with E-state index in [0.29, 0.717) is 29.3 Å². The minimum Gasteiger partial charge on any atom is -0.497 e. The van der Waals surface area contributed by atoms with E-state index in [1.165, 1.54) is 13.2 Å². The molecule has 1 atom stereocenters. The summed E-state index contributed by atoms with van der Waals surface area (Å²) in [6.07, 6.45) is 7.41. The summed E-state index contributed by atoms with van der Waals surface area (Å²) in [5.41, 5.74) is 1.42. The van der Waals surface area contributed by atoms with Crippen molar-refractivity contribution in [3.63, 3.8) is 0 Å². The van der Waals surface area contributed by atoms with Gasteiger partial charge in [0.05, 0.1) is 21.3 Å². The van der Waals surface area contributed by atoms with E-state index in [2.05, 4.69) is 6.58 Å². The largest absolute Gasteiger partial charge is 0.497 e. The van der Waals surface area contributed by atoms with Crippen molar-refractivity contribution in [2.45, 2.75) is 18.9 Å². The molecule has 0 heterocycles. The van der Waals surface area contributed by atoms with Crippen molar-refractivity contribution in [3.8, 4) is 11.5 Å². The normalized spacial score (nSPS) is 19.9. The average Bonchev–Trinajstić information content (AvgIpc) is 2.69. The molecule has 5 nitrogen and oxygen atoms in total. The molecule has 27 heavy (non-hydrogen) atoms. The maximum Gasteiger partial charge on any atom is 0.185 e. The maximum absolute atomic E-state index is 12.3. The van der Waals surface area contributed by atoms with Crippen LogP contribution < -0.4 is 9.47 Å². The van der Waals surface area contributed by atoms with Gasteiger partial charge in [0.2, 0.25) is 0 Å². The number of hydrogen-bond donors (Lipinski definition) is 0. The summed E-state index contributed by atoms with van der Waals surface area (Å²) in [5, 5.41) is 0. The van der Waals surface area contributed by atoms with Gasteiger partial charge in [0.25, 0.3) is 0 Å². The van der Waals surface area contributed by atoms with Crippen LogP contribution in [-0.4, -0.2) is 39.8 Å². The van der Waals surface area contributed by atoms with Crippen molar-refractivity contribution >= 4 is 11.9 Å². The highest BCUT2D eigenvalue weighted by Crippen LogP contribution is 2.38. The fourth-order valence-electron chi connectivity index (χ4n) is 3.16. The van der Waals surface area contributed by atoms with Gasteiger partial charge in [-0.2, -0.15) is 0 Å². The van der Waals surface area contributed by atoms with Crippen molar-refractivity contribution in [1.29, 1.82) is 0 Å². The van der Waals surface area contributed by atoms with Gasteiger partial charge in [-0.1, -0.05) is 18.2 Å². The molecule has 0 fully saturated rings. The lowest BCUT2D eigenvalue weighted by Gasteiger charge is -2.35. The first-order valence-electron chi connectivity index (χ1n) is 8.54. The summed E-state index contributed by atoms with van der Waals surface area (Å²) in [7, 11) is 6.32. The van der Waals surface area contributed by atoms with Crippen molar-refractivity contribution in [1.82, 2.24) is 0 Å². The molecule has 144 valence electrons. The van der Waals surface area contributed by atoms with Crippen LogP contribution in [0.4, 0.5) is 0 Å². The van der Waals surface area contributed by atoms with Crippen LogP contribution in [0.25, 0.3) is 6.08 Å². The van der Waals surface area contributed by atoms with Gasteiger partial charge < -0.3 is 18.9 Å². The number of hydrogen-bond acceptors (Lipinski definition) is 5. The molecule has 0 saturated carbocycles. The molecule has 1 aromatic carbocycles. The van der Waals surface area contributed by atoms with Crippen molar-refractivity contribution in [2.75, 3.05) is 28.4 Å². The molecule has 1 unspecified atom stereocenters. The molecule has 0 aliphatic heterocycles. The van der Waals surface area contributed by atoms with Crippen LogP contribution in [0.2, 0.25) is 0 Å². The predicted octanol–water partition coefficient (Wildman–Crippen LogP) is 4.11. The Balaban J connectivity index is 2.56. The minimum atomic E-state index is -0.964. The van der Waals surface area contributed by atoms with E-state index >= 15 is 0 Å². The van der Waals surface area contributed by atoms with E-state index in [4.69, 9.17) is 18.9 Å². The third kappa shape index (κ3) is 3.98. The van der Waals surface area contributed by atoms with Crippen LogP contribution in [0, 0.1) is 0 Å². The number of ketones is 1. The lowest BCUT2D eigenvalue weighted by atomic mass is 9.82. The predicted molar refractivity (Wildman–Crippen MR) is 106 cm³/mol. The smallest absolute Gasteiger partial charge is 0.185 e. The summed E-state index contributed by atoms with van der Waals surface area (Å²) in [6, 6.07) is 5.64. The minimum absolute atomic E-state index is 0.0988. The van der Waals surface area contributed by atoms with Gasteiger partial charge in [-0.3, -0.25) is 4.79 Å². The van der Waals surface area contributed by atoms with Gasteiger partial charge in [-0.05, 0) is 42.7 Å². The van der Waals surface area contributed by atoms with Crippen LogP contribution >= 0.6 is 0 Å². The van der Waals surface area contributed by atoms with E-state index in [9.17, 15) is 4.79 Å². The van der Waals surface area contributed by atoms with Crippen molar-refractivity contribution < 1.29 is 23.7 Å². The summed E-state index contributed by atoms with van der Waals surface area (Å²) in [6.45, 7) is 5.66. The van der Waals surface area contributed by atoms with Crippen molar-refractivity contribution in [2.24, 2.45) is 0 Å². The van der Waals surface area contributed by atoms with Gasteiger partial charge in [-0.25, -0.2) is 0 Å². The van der Waals surface area contributed by atoms with Crippen LogP contribution in [0.5, 0.6) is 11.5 Å². The van der Waals surface area contributed by atoms with E-state index in [0.717, 1.165) is 11.1 Å². The fraction of sp³-hybridized carbons (Fsp3) is 0.318. The zero-order valence-electron chi connectivity index (χ0n) is 16.5. The molecule has 0 spiro atoms. The van der Waals surface area contributed by atoms with Crippen LogP contribution in [0.1, 0.15) is 18.9 Å². The molecule has 2 rings (SSSR count). The topological polar surface area (TPSA) is 54.0 Å². The molecule has 5 heteroatoms.